The molecule has 0 bridgehead atoms. The van der Waals surface area contributed by atoms with E-state index in [1.54, 1.807) is 0 Å². The molecule has 0 aliphatic carbocycles. The lowest BCUT2D eigenvalue weighted by Crippen LogP contribution is -2.43. The van der Waals surface area contributed by atoms with Gasteiger partial charge >= 0.3 is 0 Å². The summed E-state index contributed by atoms with van der Waals surface area (Å²) in [6, 6.07) is 8.38. The zero-order chi connectivity index (χ0) is 16.8. The molecule has 132 valence electrons. The van der Waals surface area contributed by atoms with Gasteiger partial charge in [-0.15, -0.1) is 0 Å². The van der Waals surface area contributed by atoms with Gasteiger partial charge in [0.15, 0.2) is 0 Å². The van der Waals surface area contributed by atoms with Crippen LogP contribution in [-0.2, 0) is 11.3 Å². The summed E-state index contributed by atoms with van der Waals surface area (Å²) >= 11 is 0. The summed E-state index contributed by atoms with van der Waals surface area (Å²) < 4.78 is 0. The number of carbonyl (C=O) groups is 1. The fourth-order valence-corrected chi connectivity index (χ4v) is 3.85. The van der Waals surface area contributed by atoms with E-state index in [2.05, 4.69) is 46.7 Å². The third-order valence-electron chi connectivity index (χ3n) is 5.52. The highest BCUT2D eigenvalue weighted by molar-refractivity contribution is 5.78. The molecule has 0 saturated carbocycles. The fraction of sp³-hybridized carbons (Fsp3) is 0.650. The van der Waals surface area contributed by atoms with Crippen molar-refractivity contribution in [2.24, 2.45) is 11.8 Å². The summed E-state index contributed by atoms with van der Waals surface area (Å²) in [5.41, 5.74) is 2.43. The van der Waals surface area contributed by atoms with Gasteiger partial charge in [0, 0.05) is 19.0 Å². The SMILES string of the molecule is Cc1ccc(CNC(=O)C2CCN(CC3CCNCC3)CC2)cc1. The minimum atomic E-state index is 0.194. The molecule has 0 unspecified atom stereocenters. The van der Waals surface area contributed by atoms with Crippen LogP contribution in [0.4, 0.5) is 0 Å². The maximum Gasteiger partial charge on any atom is 0.223 e. The minimum Gasteiger partial charge on any atom is -0.352 e. The van der Waals surface area contributed by atoms with Crippen molar-refractivity contribution in [1.29, 1.82) is 0 Å². The van der Waals surface area contributed by atoms with Gasteiger partial charge in [-0.2, -0.15) is 0 Å². The lowest BCUT2D eigenvalue weighted by Gasteiger charge is -2.35. The molecule has 0 atom stereocenters. The van der Waals surface area contributed by atoms with Crippen molar-refractivity contribution in [2.45, 2.75) is 39.2 Å². The zero-order valence-electron chi connectivity index (χ0n) is 14.9. The summed E-state index contributed by atoms with van der Waals surface area (Å²) in [6.45, 7) is 8.44. The number of nitrogens with one attached hydrogen (secondary N) is 2. The van der Waals surface area contributed by atoms with Crippen LogP contribution in [0.5, 0.6) is 0 Å². The standard InChI is InChI=1S/C20H31N3O/c1-16-2-4-17(5-3-16)14-22-20(24)19-8-12-23(13-9-19)15-18-6-10-21-11-7-18/h2-5,18-19,21H,6-15H2,1H3,(H,22,24). The molecule has 2 aliphatic rings. The maximum absolute atomic E-state index is 12.4. The molecule has 1 amide bonds. The van der Waals surface area contributed by atoms with Gasteiger partial charge in [-0.25, -0.2) is 0 Å². The van der Waals surface area contributed by atoms with Gasteiger partial charge in [0.2, 0.25) is 5.91 Å². The maximum atomic E-state index is 12.4. The van der Waals surface area contributed by atoms with Gasteiger partial charge in [-0.3, -0.25) is 4.79 Å². The number of benzene rings is 1. The average Bonchev–Trinajstić information content (AvgIpc) is 2.62. The van der Waals surface area contributed by atoms with Crippen molar-refractivity contribution in [3.8, 4) is 0 Å². The lowest BCUT2D eigenvalue weighted by molar-refractivity contribution is -0.126. The molecule has 2 N–H and O–H groups in total. The third kappa shape index (κ3) is 5.05. The normalized spacial score (nSPS) is 20.9. The lowest BCUT2D eigenvalue weighted by atomic mass is 9.93. The van der Waals surface area contributed by atoms with Crippen molar-refractivity contribution in [1.82, 2.24) is 15.5 Å². The van der Waals surface area contributed by atoms with E-state index in [1.807, 2.05) is 0 Å². The van der Waals surface area contributed by atoms with Crippen LogP contribution in [0, 0.1) is 18.8 Å². The third-order valence-corrected chi connectivity index (χ3v) is 5.52. The number of rotatable bonds is 5. The monoisotopic (exact) mass is 329 g/mol. The van der Waals surface area contributed by atoms with Crippen LogP contribution >= 0.6 is 0 Å². The van der Waals surface area contributed by atoms with E-state index in [9.17, 15) is 4.79 Å². The Balaban J connectivity index is 1.37. The molecular formula is C20H31N3O. The second kappa shape index (κ2) is 8.63. The molecule has 0 spiro atoms. The first-order valence-corrected chi connectivity index (χ1v) is 9.47. The Morgan fingerprint density at radius 3 is 2.46 bits per heavy atom. The summed E-state index contributed by atoms with van der Waals surface area (Å²) in [5, 5.41) is 6.55. The van der Waals surface area contributed by atoms with E-state index in [0.29, 0.717) is 6.54 Å². The predicted octanol–water partition coefficient (Wildman–Crippen LogP) is 2.32. The number of piperidine rings is 2. The van der Waals surface area contributed by atoms with Gasteiger partial charge in [0.1, 0.15) is 0 Å². The van der Waals surface area contributed by atoms with E-state index in [-0.39, 0.29) is 11.8 Å². The van der Waals surface area contributed by atoms with Gasteiger partial charge in [0.05, 0.1) is 0 Å². The van der Waals surface area contributed by atoms with E-state index in [4.69, 9.17) is 0 Å². The molecule has 0 aromatic heterocycles. The molecule has 4 nitrogen and oxygen atoms in total. The fourth-order valence-electron chi connectivity index (χ4n) is 3.85. The first kappa shape index (κ1) is 17.4. The molecule has 2 fully saturated rings. The van der Waals surface area contributed by atoms with Crippen molar-refractivity contribution in [3.05, 3.63) is 35.4 Å². The molecule has 24 heavy (non-hydrogen) atoms. The summed E-state index contributed by atoms with van der Waals surface area (Å²) in [4.78, 5) is 15.0. The van der Waals surface area contributed by atoms with E-state index < -0.39 is 0 Å². The van der Waals surface area contributed by atoms with Gasteiger partial charge in [-0.1, -0.05) is 29.8 Å². The summed E-state index contributed by atoms with van der Waals surface area (Å²) in [7, 11) is 0. The smallest absolute Gasteiger partial charge is 0.223 e. The van der Waals surface area contributed by atoms with Crippen LogP contribution in [-0.4, -0.2) is 43.5 Å². The predicted molar refractivity (Wildman–Crippen MR) is 97.8 cm³/mol. The second-order valence-electron chi connectivity index (χ2n) is 7.47. The van der Waals surface area contributed by atoms with Crippen molar-refractivity contribution in [2.75, 3.05) is 32.7 Å². The first-order valence-electron chi connectivity index (χ1n) is 9.47. The number of hydrogen-bond donors (Lipinski definition) is 2. The molecule has 0 radical (unpaired) electrons. The molecule has 3 rings (SSSR count). The Morgan fingerprint density at radius 1 is 1.12 bits per heavy atom. The Morgan fingerprint density at radius 2 is 1.79 bits per heavy atom. The minimum absolute atomic E-state index is 0.194. The number of hydrogen-bond acceptors (Lipinski definition) is 3. The Kier molecular flexibility index (Phi) is 6.27. The number of amides is 1. The molecular weight excluding hydrogens is 298 g/mol. The van der Waals surface area contributed by atoms with Crippen LogP contribution < -0.4 is 10.6 Å². The molecule has 2 aliphatic heterocycles. The second-order valence-corrected chi connectivity index (χ2v) is 7.47. The van der Waals surface area contributed by atoms with Crippen molar-refractivity contribution < 1.29 is 4.79 Å². The highest BCUT2D eigenvalue weighted by Crippen LogP contribution is 2.21. The van der Waals surface area contributed by atoms with Crippen molar-refractivity contribution in [3.63, 3.8) is 0 Å². The highest BCUT2D eigenvalue weighted by Gasteiger charge is 2.26. The van der Waals surface area contributed by atoms with E-state index >= 15 is 0 Å². The number of carbonyl (C=O) groups excluding carboxylic acids is 1. The van der Waals surface area contributed by atoms with E-state index in [1.165, 1.54) is 43.6 Å². The Labute approximate surface area is 146 Å². The van der Waals surface area contributed by atoms with Crippen LogP contribution in [0.2, 0.25) is 0 Å². The largest absolute Gasteiger partial charge is 0.352 e. The highest BCUT2D eigenvalue weighted by atomic mass is 16.1. The average molecular weight is 329 g/mol. The van der Waals surface area contributed by atoms with Crippen LogP contribution in [0.15, 0.2) is 24.3 Å². The van der Waals surface area contributed by atoms with E-state index in [0.717, 1.165) is 31.8 Å². The number of aryl methyl sites for hydroxylation is 1. The van der Waals surface area contributed by atoms with Gasteiger partial charge in [-0.05, 0) is 70.3 Å². The summed E-state index contributed by atoms with van der Waals surface area (Å²) in [5.74, 6) is 1.27. The Bertz CT molecular complexity index is 514. The topological polar surface area (TPSA) is 44.4 Å². The van der Waals surface area contributed by atoms with Gasteiger partial charge < -0.3 is 15.5 Å². The first-order chi connectivity index (χ1) is 11.7. The summed E-state index contributed by atoms with van der Waals surface area (Å²) in [6.07, 6.45) is 4.61. The quantitative estimate of drug-likeness (QED) is 0.871. The molecule has 1 aromatic carbocycles. The van der Waals surface area contributed by atoms with Crippen LogP contribution in [0.1, 0.15) is 36.8 Å². The van der Waals surface area contributed by atoms with Crippen molar-refractivity contribution >= 4 is 5.91 Å². The molecule has 2 heterocycles. The van der Waals surface area contributed by atoms with Crippen LogP contribution in [0.3, 0.4) is 0 Å². The Hall–Kier alpha value is -1.39. The van der Waals surface area contributed by atoms with Crippen LogP contribution in [0.25, 0.3) is 0 Å². The molecule has 1 aromatic rings. The van der Waals surface area contributed by atoms with Gasteiger partial charge in [0.25, 0.3) is 0 Å². The molecule has 2 saturated heterocycles. The molecule has 4 heteroatoms. The number of likely N-dealkylation sites (tertiary alicyclic amines) is 1. The zero-order valence-corrected chi connectivity index (χ0v) is 14.9. The number of nitrogens with zero attached hydrogens (tertiary/aromatic N) is 1.